The van der Waals surface area contributed by atoms with Crippen LogP contribution < -0.4 is 4.74 Å². The van der Waals surface area contributed by atoms with Crippen molar-refractivity contribution in [1.29, 1.82) is 0 Å². The summed E-state index contributed by atoms with van der Waals surface area (Å²) in [5.41, 5.74) is 0.0234. The lowest BCUT2D eigenvalue weighted by Gasteiger charge is -2.43. The number of hydrogen-bond donors (Lipinski definition) is 0. The first-order valence-corrected chi connectivity index (χ1v) is 9.06. The monoisotopic (exact) mass is 357 g/mol. The molecule has 0 aromatic carbocycles. The van der Waals surface area contributed by atoms with E-state index in [0.29, 0.717) is 37.8 Å². The molecular formula is C19H23N3O4. The molecular weight excluding hydrogens is 334 g/mol. The third kappa shape index (κ3) is 3.31. The van der Waals surface area contributed by atoms with Crippen molar-refractivity contribution in [2.45, 2.75) is 31.8 Å². The van der Waals surface area contributed by atoms with Gasteiger partial charge in [0.15, 0.2) is 5.69 Å². The summed E-state index contributed by atoms with van der Waals surface area (Å²) in [4.78, 5) is 18.7. The van der Waals surface area contributed by atoms with Crippen LogP contribution >= 0.6 is 0 Å². The Labute approximate surface area is 152 Å². The molecule has 2 atom stereocenters. The smallest absolute Gasteiger partial charge is 0.276 e. The van der Waals surface area contributed by atoms with E-state index in [1.54, 1.807) is 25.4 Å². The average Bonchev–Trinajstić information content (AvgIpc) is 3.27. The van der Waals surface area contributed by atoms with E-state index in [4.69, 9.17) is 14.0 Å². The van der Waals surface area contributed by atoms with Crippen molar-refractivity contribution in [2.24, 2.45) is 5.92 Å². The standard InChI is InChI=1S/C19H23N3O4/c1-14-10-17(21-26-14)18(23)22-8-9-25-19(13-22)6-2-4-15(19)12-24-16-5-3-7-20-11-16/h3,5,7,10-11,15H,2,4,6,8-9,12-13H2,1H3/t15-,19+/m0/s1. The minimum atomic E-state index is -0.338. The van der Waals surface area contributed by atoms with Gasteiger partial charge in [-0.1, -0.05) is 5.16 Å². The summed E-state index contributed by atoms with van der Waals surface area (Å²) in [6, 6.07) is 5.44. The molecule has 4 rings (SSSR count). The number of hydrogen-bond acceptors (Lipinski definition) is 6. The molecule has 7 heteroatoms. The van der Waals surface area contributed by atoms with Crippen molar-refractivity contribution in [2.75, 3.05) is 26.3 Å². The number of aromatic nitrogens is 2. The highest BCUT2D eigenvalue weighted by Gasteiger charge is 2.48. The Morgan fingerprint density at radius 2 is 2.42 bits per heavy atom. The molecule has 0 radical (unpaired) electrons. The molecule has 1 saturated heterocycles. The zero-order valence-corrected chi connectivity index (χ0v) is 14.9. The van der Waals surface area contributed by atoms with Crippen LogP contribution in [0.3, 0.4) is 0 Å². The zero-order chi connectivity index (χ0) is 18.0. The summed E-state index contributed by atoms with van der Waals surface area (Å²) in [5.74, 6) is 1.55. The van der Waals surface area contributed by atoms with Gasteiger partial charge in [-0.15, -0.1) is 0 Å². The van der Waals surface area contributed by atoms with Gasteiger partial charge in [-0.3, -0.25) is 9.78 Å². The molecule has 0 bridgehead atoms. The van der Waals surface area contributed by atoms with Crippen LogP contribution in [0.5, 0.6) is 5.75 Å². The number of aryl methyl sites for hydroxylation is 1. The highest BCUT2D eigenvalue weighted by atomic mass is 16.5. The Bertz CT molecular complexity index is 763. The SMILES string of the molecule is Cc1cc(C(=O)N2CCO[C@]3(CCC[C@H]3COc3cccnc3)C2)no1. The van der Waals surface area contributed by atoms with Gasteiger partial charge in [-0.25, -0.2) is 0 Å². The molecule has 2 fully saturated rings. The maximum Gasteiger partial charge on any atom is 0.276 e. The molecule has 2 aromatic heterocycles. The minimum absolute atomic E-state index is 0.0941. The number of carbonyl (C=O) groups is 1. The first-order chi connectivity index (χ1) is 12.7. The second-order valence-corrected chi connectivity index (χ2v) is 7.05. The lowest BCUT2D eigenvalue weighted by molar-refractivity contribution is -0.126. The predicted octanol–water partition coefficient (Wildman–Crippen LogP) is 2.47. The summed E-state index contributed by atoms with van der Waals surface area (Å²) < 4.78 is 17.2. The van der Waals surface area contributed by atoms with Crippen molar-refractivity contribution in [3.8, 4) is 5.75 Å². The molecule has 26 heavy (non-hydrogen) atoms. The topological polar surface area (TPSA) is 77.7 Å². The Morgan fingerprint density at radius 1 is 1.50 bits per heavy atom. The quantitative estimate of drug-likeness (QED) is 0.836. The molecule has 1 saturated carbocycles. The molecule has 1 aliphatic carbocycles. The fourth-order valence-corrected chi connectivity index (χ4v) is 3.99. The van der Waals surface area contributed by atoms with Gasteiger partial charge in [0.1, 0.15) is 11.5 Å². The van der Waals surface area contributed by atoms with Gasteiger partial charge in [0.05, 0.1) is 31.6 Å². The number of rotatable bonds is 4. The van der Waals surface area contributed by atoms with E-state index in [-0.39, 0.29) is 17.4 Å². The number of amides is 1. The molecule has 2 aliphatic rings. The van der Waals surface area contributed by atoms with E-state index >= 15 is 0 Å². The van der Waals surface area contributed by atoms with E-state index < -0.39 is 0 Å². The Hall–Kier alpha value is -2.41. The van der Waals surface area contributed by atoms with Crippen LogP contribution in [0.4, 0.5) is 0 Å². The van der Waals surface area contributed by atoms with Crippen molar-refractivity contribution >= 4 is 5.91 Å². The highest BCUT2D eigenvalue weighted by Crippen LogP contribution is 2.41. The number of nitrogens with zero attached hydrogens (tertiary/aromatic N) is 3. The van der Waals surface area contributed by atoms with Crippen LogP contribution in [-0.2, 0) is 4.74 Å². The summed E-state index contributed by atoms with van der Waals surface area (Å²) >= 11 is 0. The van der Waals surface area contributed by atoms with Gasteiger partial charge in [0.2, 0.25) is 0 Å². The number of morpholine rings is 1. The fraction of sp³-hybridized carbons (Fsp3) is 0.526. The van der Waals surface area contributed by atoms with Crippen molar-refractivity contribution < 1.29 is 18.8 Å². The van der Waals surface area contributed by atoms with Gasteiger partial charge in [-0.2, -0.15) is 0 Å². The van der Waals surface area contributed by atoms with E-state index in [1.165, 1.54) is 0 Å². The van der Waals surface area contributed by atoms with Crippen molar-refractivity contribution in [1.82, 2.24) is 15.0 Å². The van der Waals surface area contributed by atoms with E-state index in [1.807, 2.05) is 17.0 Å². The third-order valence-corrected chi connectivity index (χ3v) is 5.33. The van der Waals surface area contributed by atoms with Gasteiger partial charge in [-0.05, 0) is 38.3 Å². The van der Waals surface area contributed by atoms with Crippen molar-refractivity contribution in [3.63, 3.8) is 0 Å². The summed E-state index contributed by atoms with van der Waals surface area (Å²) in [6.07, 6.45) is 6.49. The lowest BCUT2D eigenvalue weighted by Crippen LogP contribution is -2.56. The molecule has 2 aromatic rings. The molecule has 3 heterocycles. The van der Waals surface area contributed by atoms with Crippen LogP contribution in [0.25, 0.3) is 0 Å². The number of carbonyl (C=O) groups excluding carboxylic acids is 1. The van der Waals surface area contributed by atoms with E-state index in [2.05, 4.69) is 10.1 Å². The Balaban J connectivity index is 1.45. The van der Waals surface area contributed by atoms with Crippen LogP contribution in [0, 0.1) is 12.8 Å². The number of ether oxygens (including phenoxy) is 2. The third-order valence-electron chi connectivity index (χ3n) is 5.33. The van der Waals surface area contributed by atoms with E-state index in [0.717, 1.165) is 25.0 Å². The largest absolute Gasteiger partial charge is 0.492 e. The predicted molar refractivity (Wildman–Crippen MR) is 92.9 cm³/mol. The Morgan fingerprint density at radius 3 is 3.19 bits per heavy atom. The molecule has 0 N–H and O–H groups in total. The Kier molecular flexibility index (Phi) is 4.63. The molecule has 0 unspecified atom stereocenters. The number of pyridine rings is 1. The van der Waals surface area contributed by atoms with Crippen LogP contribution in [0.2, 0.25) is 0 Å². The maximum atomic E-state index is 12.7. The summed E-state index contributed by atoms with van der Waals surface area (Å²) in [5, 5.41) is 3.86. The normalized spacial score (nSPS) is 25.6. The van der Waals surface area contributed by atoms with Gasteiger partial charge in [0.25, 0.3) is 5.91 Å². The maximum absolute atomic E-state index is 12.7. The first kappa shape index (κ1) is 17.0. The second-order valence-electron chi connectivity index (χ2n) is 7.05. The van der Waals surface area contributed by atoms with Crippen LogP contribution in [0.15, 0.2) is 35.1 Å². The first-order valence-electron chi connectivity index (χ1n) is 9.06. The molecule has 7 nitrogen and oxygen atoms in total. The molecule has 1 amide bonds. The highest BCUT2D eigenvalue weighted by molar-refractivity contribution is 5.92. The van der Waals surface area contributed by atoms with E-state index in [9.17, 15) is 4.79 Å². The lowest BCUT2D eigenvalue weighted by atomic mass is 9.89. The van der Waals surface area contributed by atoms with Crippen LogP contribution in [-0.4, -0.2) is 52.9 Å². The molecule has 1 spiro atoms. The molecule has 1 aliphatic heterocycles. The summed E-state index contributed by atoms with van der Waals surface area (Å²) in [7, 11) is 0. The van der Waals surface area contributed by atoms with Gasteiger partial charge in [0, 0.05) is 24.7 Å². The van der Waals surface area contributed by atoms with Crippen LogP contribution in [0.1, 0.15) is 35.5 Å². The van der Waals surface area contributed by atoms with Gasteiger partial charge >= 0.3 is 0 Å². The van der Waals surface area contributed by atoms with Crippen molar-refractivity contribution in [3.05, 3.63) is 42.0 Å². The summed E-state index contributed by atoms with van der Waals surface area (Å²) in [6.45, 7) is 4.03. The van der Waals surface area contributed by atoms with Gasteiger partial charge < -0.3 is 18.9 Å². The fourth-order valence-electron chi connectivity index (χ4n) is 3.99. The zero-order valence-electron chi connectivity index (χ0n) is 14.9. The minimum Gasteiger partial charge on any atom is -0.492 e. The second kappa shape index (κ2) is 7.07. The molecule has 138 valence electrons. The average molecular weight is 357 g/mol.